The number of carbonyl (C=O) groups excluding carboxylic acids is 1. The van der Waals surface area contributed by atoms with Gasteiger partial charge in [0.05, 0.1) is 10.8 Å². The molecule has 1 atom stereocenters. The molecular weight excluding hydrogens is 376 g/mol. The van der Waals surface area contributed by atoms with Gasteiger partial charge in [0.1, 0.15) is 0 Å². The minimum atomic E-state index is -3.26. The first-order valence-electron chi connectivity index (χ1n) is 7.46. The second-order valence-corrected chi connectivity index (χ2v) is 9.45. The number of thiazole rings is 1. The maximum atomic E-state index is 12.8. The molecule has 0 fully saturated rings. The van der Waals surface area contributed by atoms with Crippen LogP contribution in [0.4, 0.5) is 5.13 Å². The van der Waals surface area contributed by atoms with E-state index in [0.717, 1.165) is 10.4 Å². The molecule has 3 rings (SSSR count). The van der Waals surface area contributed by atoms with Crippen molar-refractivity contribution < 1.29 is 13.2 Å². The van der Waals surface area contributed by atoms with Gasteiger partial charge in [-0.25, -0.2) is 13.4 Å². The zero-order valence-corrected chi connectivity index (χ0v) is 15.8. The van der Waals surface area contributed by atoms with Gasteiger partial charge in [-0.15, -0.1) is 22.7 Å². The Hall–Kier alpha value is -2.03. The number of aromatic nitrogens is 1. The van der Waals surface area contributed by atoms with Gasteiger partial charge in [-0.2, -0.15) is 0 Å². The quantitative estimate of drug-likeness (QED) is 0.696. The van der Waals surface area contributed by atoms with Crippen molar-refractivity contribution in [3.8, 4) is 0 Å². The molecule has 1 N–H and O–H groups in total. The number of nitrogens with zero attached hydrogens (tertiary/aromatic N) is 1. The lowest BCUT2D eigenvalue weighted by Crippen LogP contribution is -2.22. The van der Waals surface area contributed by atoms with Crippen molar-refractivity contribution in [3.63, 3.8) is 0 Å². The van der Waals surface area contributed by atoms with Crippen LogP contribution in [0.25, 0.3) is 0 Å². The van der Waals surface area contributed by atoms with Gasteiger partial charge >= 0.3 is 0 Å². The molecule has 1 unspecified atom stereocenters. The fourth-order valence-corrected chi connectivity index (χ4v) is 4.33. The van der Waals surface area contributed by atoms with E-state index < -0.39 is 15.8 Å². The summed E-state index contributed by atoms with van der Waals surface area (Å²) in [5, 5.41) is 7.15. The van der Waals surface area contributed by atoms with Crippen molar-refractivity contribution >= 4 is 43.5 Å². The minimum Gasteiger partial charge on any atom is -0.301 e. The summed E-state index contributed by atoms with van der Waals surface area (Å²) >= 11 is 2.95. The number of rotatable bonds is 6. The van der Waals surface area contributed by atoms with Gasteiger partial charge in [0.2, 0.25) is 5.91 Å². The first-order valence-corrected chi connectivity index (χ1v) is 11.1. The summed E-state index contributed by atoms with van der Waals surface area (Å²) in [5.41, 5.74) is 0.773. The van der Waals surface area contributed by atoms with Gasteiger partial charge in [0, 0.05) is 22.7 Å². The smallest absolute Gasteiger partial charge is 0.234 e. The third kappa shape index (κ3) is 4.53. The van der Waals surface area contributed by atoms with Crippen LogP contribution in [0.1, 0.15) is 16.4 Å². The molecule has 25 heavy (non-hydrogen) atoms. The fourth-order valence-electron chi connectivity index (χ4n) is 2.42. The number of hydrogen-bond acceptors (Lipinski definition) is 6. The van der Waals surface area contributed by atoms with E-state index in [9.17, 15) is 13.2 Å². The third-order valence-corrected chi connectivity index (χ3v) is 6.39. The second-order valence-electron chi connectivity index (χ2n) is 5.50. The van der Waals surface area contributed by atoms with Crippen molar-refractivity contribution in [2.45, 2.75) is 17.2 Å². The Bertz CT molecular complexity index is 932. The van der Waals surface area contributed by atoms with Gasteiger partial charge in [0.25, 0.3) is 0 Å². The van der Waals surface area contributed by atoms with E-state index in [1.165, 1.54) is 17.6 Å². The molecule has 0 aliphatic carbocycles. The van der Waals surface area contributed by atoms with Crippen molar-refractivity contribution in [2.24, 2.45) is 0 Å². The van der Waals surface area contributed by atoms with E-state index in [4.69, 9.17) is 0 Å². The number of benzene rings is 1. The van der Waals surface area contributed by atoms with Crippen LogP contribution in [0.2, 0.25) is 0 Å². The molecule has 0 spiro atoms. The monoisotopic (exact) mass is 392 g/mol. The highest BCUT2D eigenvalue weighted by Gasteiger charge is 2.23. The zero-order chi connectivity index (χ0) is 17.9. The van der Waals surface area contributed by atoms with Crippen LogP contribution in [0.3, 0.4) is 0 Å². The van der Waals surface area contributed by atoms with Crippen molar-refractivity contribution in [1.29, 1.82) is 0 Å². The van der Waals surface area contributed by atoms with Gasteiger partial charge in [-0.3, -0.25) is 4.79 Å². The van der Waals surface area contributed by atoms with Crippen LogP contribution in [-0.2, 0) is 21.1 Å². The largest absolute Gasteiger partial charge is 0.301 e. The molecule has 1 aromatic carbocycles. The van der Waals surface area contributed by atoms with Crippen molar-refractivity contribution in [3.05, 3.63) is 63.8 Å². The second kappa shape index (κ2) is 7.47. The van der Waals surface area contributed by atoms with Gasteiger partial charge < -0.3 is 5.32 Å². The zero-order valence-electron chi connectivity index (χ0n) is 13.4. The average molecular weight is 393 g/mol. The number of anilines is 1. The predicted octanol–water partition coefficient (Wildman–Crippen LogP) is 3.57. The lowest BCUT2D eigenvalue weighted by Gasteiger charge is -2.16. The van der Waals surface area contributed by atoms with Gasteiger partial charge in [-0.1, -0.05) is 18.2 Å². The van der Waals surface area contributed by atoms with Gasteiger partial charge in [0.15, 0.2) is 15.0 Å². The number of amides is 1. The molecule has 0 radical (unpaired) electrons. The van der Waals surface area contributed by atoms with E-state index in [2.05, 4.69) is 10.3 Å². The lowest BCUT2D eigenvalue weighted by atomic mass is 9.94. The number of hydrogen-bond donors (Lipinski definition) is 1. The average Bonchev–Trinajstić information content (AvgIpc) is 3.25. The Morgan fingerprint density at radius 3 is 2.48 bits per heavy atom. The maximum absolute atomic E-state index is 12.8. The molecule has 0 aliphatic heterocycles. The number of carbonyl (C=O) groups is 1. The standard InChI is InChI=1S/C17H16N2O3S3/c1-25(21,22)14-6-4-12(5-7-14)15(11-13-3-2-9-23-13)16(20)19-17-18-8-10-24-17/h2-10,15H,11H2,1H3,(H,18,19,20). The summed E-state index contributed by atoms with van der Waals surface area (Å²) < 4.78 is 23.3. The van der Waals surface area contributed by atoms with Gasteiger partial charge in [-0.05, 0) is 35.6 Å². The van der Waals surface area contributed by atoms with Crippen LogP contribution in [0, 0.1) is 0 Å². The van der Waals surface area contributed by atoms with E-state index in [1.807, 2.05) is 17.5 Å². The topological polar surface area (TPSA) is 76.1 Å². The molecule has 130 valence electrons. The molecule has 0 saturated carbocycles. The first-order chi connectivity index (χ1) is 11.9. The molecule has 1 amide bonds. The Morgan fingerprint density at radius 1 is 1.16 bits per heavy atom. The molecule has 2 heterocycles. The summed E-state index contributed by atoms with van der Waals surface area (Å²) in [6, 6.07) is 10.4. The highest BCUT2D eigenvalue weighted by Crippen LogP contribution is 2.26. The number of nitrogens with one attached hydrogen (secondary N) is 1. The van der Waals surface area contributed by atoms with Crippen LogP contribution < -0.4 is 5.32 Å². The Balaban J connectivity index is 1.88. The fraction of sp³-hybridized carbons (Fsp3) is 0.176. The Kier molecular flexibility index (Phi) is 5.31. The van der Waals surface area contributed by atoms with E-state index >= 15 is 0 Å². The molecule has 0 saturated heterocycles. The summed E-state index contributed by atoms with van der Waals surface area (Å²) in [6.07, 6.45) is 3.35. The minimum absolute atomic E-state index is 0.157. The maximum Gasteiger partial charge on any atom is 0.234 e. The molecule has 2 aromatic heterocycles. The van der Waals surface area contributed by atoms with E-state index in [0.29, 0.717) is 11.6 Å². The highest BCUT2D eigenvalue weighted by molar-refractivity contribution is 7.90. The van der Waals surface area contributed by atoms with Crippen molar-refractivity contribution in [1.82, 2.24) is 4.98 Å². The summed E-state index contributed by atoms with van der Waals surface area (Å²) in [6.45, 7) is 0. The molecule has 5 nitrogen and oxygen atoms in total. The normalized spacial score (nSPS) is 12.7. The van der Waals surface area contributed by atoms with Crippen LogP contribution >= 0.6 is 22.7 Å². The Morgan fingerprint density at radius 2 is 1.92 bits per heavy atom. The summed E-state index contributed by atoms with van der Waals surface area (Å²) in [7, 11) is -3.26. The first kappa shape index (κ1) is 17.8. The predicted molar refractivity (Wildman–Crippen MR) is 101 cm³/mol. The molecule has 8 heteroatoms. The number of sulfone groups is 1. The van der Waals surface area contributed by atoms with Crippen LogP contribution in [0.5, 0.6) is 0 Å². The van der Waals surface area contributed by atoms with E-state index in [1.54, 1.807) is 47.2 Å². The molecule has 0 aliphatic rings. The van der Waals surface area contributed by atoms with E-state index in [-0.39, 0.29) is 10.8 Å². The van der Waals surface area contributed by atoms with Crippen LogP contribution in [0.15, 0.2) is 58.3 Å². The van der Waals surface area contributed by atoms with Crippen LogP contribution in [-0.4, -0.2) is 25.6 Å². The number of thiophene rings is 1. The molecule has 3 aromatic rings. The summed E-state index contributed by atoms with van der Waals surface area (Å²) in [4.78, 5) is 18.2. The summed E-state index contributed by atoms with van der Waals surface area (Å²) in [5.74, 6) is -0.577. The highest BCUT2D eigenvalue weighted by atomic mass is 32.2. The third-order valence-electron chi connectivity index (χ3n) is 3.67. The lowest BCUT2D eigenvalue weighted by molar-refractivity contribution is -0.117. The molecule has 0 bridgehead atoms. The SMILES string of the molecule is CS(=O)(=O)c1ccc(C(Cc2cccs2)C(=O)Nc2nccs2)cc1. The Labute approximate surface area is 154 Å². The van der Waals surface area contributed by atoms with Crippen molar-refractivity contribution in [2.75, 3.05) is 11.6 Å². The molecular formula is C17H16N2O3S3.